The van der Waals surface area contributed by atoms with Crippen LogP contribution < -0.4 is 5.73 Å². The lowest BCUT2D eigenvalue weighted by molar-refractivity contribution is -0.154. The maximum Gasteiger partial charge on any atom is 0.472 e. The third-order valence-electron chi connectivity index (χ3n) is 11.4. The summed E-state index contributed by atoms with van der Waals surface area (Å²) in [5.41, 5.74) is 5.39. The van der Waals surface area contributed by atoms with Gasteiger partial charge in [0, 0.05) is 19.6 Å². The summed E-state index contributed by atoms with van der Waals surface area (Å²) in [4.78, 5) is 22.6. The Hall–Kier alpha value is -2.06. The second-order valence-electron chi connectivity index (χ2n) is 17.7. The molecule has 8 nitrogen and oxygen atoms in total. The summed E-state index contributed by atoms with van der Waals surface area (Å²) in [5.74, 6) is -0.352. The Labute approximate surface area is 401 Å². The molecule has 0 spiro atoms. The minimum atomic E-state index is -4.29. The number of carbonyl (C=O) groups excluding carboxylic acids is 1. The van der Waals surface area contributed by atoms with Crippen molar-refractivity contribution in [1.82, 2.24) is 0 Å². The Morgan fingerprint density at radius 2 is 0.862 bits per heavy atom. The van der Waals surface area contributed by atoms with Crippen molar-refractivity contribution in [2.24, 2.45) is 5.73 Å². The largest absolute Gasteiger partial charge is 0.472 e. The zero-order valence-electron chi connectivity index (χ0n) is 42.2. The van der Waals surface area contributed by atoms with Crippen LogP contribution in [0.15, 0.2) is 72.9 Å². The van der Waals surface area contributed by atoms with E-state index in [0.29, 0.717) is 6.61 Å². The van der Waals surface area contributed by atoms with Crippen LogP contribution in [0.5, 0.6) is 0 Å². The quantitative estimate of drug-likeness (QED) is 0.0268. The van der Waals surface area contributed by atoms with Crippen LogP contribution in [0.3, 0.4) is 0 Å². The smallest absolute Gasteiger partial charge is 0.457 e. The van der Waals surface area contributed by atoms with Crippen LogP contribution >= 0.6 is 7.82 Å². The molecule has 0 amide bonds. The number of phosphoric ester groups is 1. The SMILES string of the molecule is CC/C=C\C/C=C\C/C=C\C/C=C\C/C=C\C/C=C\CCCCCCC(=O)OC(COCCCCCCCCCCCCCCCCCCCCCCCCC)COP(=O)(O)OCCN. The molecule has 0 saturated heterocycles. The van der Waals surface area contributed by atoms with E-state index in [4.69, 9.17) is 24.3 Å². The van der Waals surface area contributed by atoms with Gasteiger partial charge in [0.25, 0.3) is 0 Å². The van der Waals surface area contributed by atoms with E-state index in [9.17, 15) is 14.3 Å². The lowest BCUT2D eigenvalue weighted by atomic mass is 10.0. The van der Waals surface area contributed by atoms with Crippen molar-refractivity contribution in [1.29, 1.82) is 0 Å². The minimum absolute atomic E-state index is 0.0936. The standard InChI is InChI=1S/C56H102NO7P/c1-3-5-7-9-11-13-15-17-19-21-23-25-27-29-31-33-35-37-39-41-43-45-47-49-56(58)64-55(54-63-65(59,60)62-52-50-57)53-61-51-48-46-44-42-40-38-36-34-32-30-28-26-24-22-20-18-16-14-12-10-8-6-4-2/h5,7,11,13,17,19,23,25,29,31,35,37,55H,3-4,6,8-10,12,14-16,18,20-22,24,26-28,30,32-34,36,38-54,57H2,1-2H3,(H,59,60)/b7-5-,13-11-,19-17-,25-23-,31-29-,37-35-. The molecule has 0 bridgehead atoms. The van der Waals surface area contributed by atoms with Gasteiger partial charge in [-0.05, 0) is 64.2 Å². The van der Waals surface area contributed by atoms with Gasteiger partial charge in [0.05, 0.1) is 19.8 Å². The summed E-state index contributed by atoms with van der Waals surface area (Å²) in [7, 11) is -4.29. The second-order valence-corrected chi connectivity index (χ2v) is 19.2. The summed E-state index contributed by atoms with van der Waals surface area (Å²) >= 11 is 0. The number of hydrogen-bond donors (Lipinski definition) is 2. The highest BCUT2D eigenvalue weighted by atomic mass is 31.2. The van der Waals surface area contributed by atoms with E-state index in [1.165, 1.54) is 135 Å². The lowest BCUT2D eigenvalue weighted by Crippen LogP contribution is -2.28. The summed E-state index contributed by atoms with van der Waals surface area (Å²) < 4.78 is 33.6. The summed E-state index contributed by atoms with van der Waals surface area (Å²) in [6.45, 7) is 4.80. The normalized spacial score (nSPS) is 13.8. The summed E-state index contributed by atoms with van der Waals surface area (Å²) in [6, 6.07) is 0. The lowest BCUT2D eigenvalue weighted by Gasteiger charge is -2.20. The molecule has 0 aromatic carbocycles. The molecule has 0 rings (SSSR count). The molecule has 2 atom stereocenters. The van der Waals surface area contributed by atoms with Gasteiger partial charge in [-0.2, -0.15) is 0 Å². The fourth-order valence-corrected chi connectivity index (χ4v) is 8.24. The topological polar surface area (TPSA) is 117 Å². The van der Waals surface area contributed by atoms with Gasteiger partial charge in [0.1, 0.15) is 6.10 Å². The first-order valence-corrected chi connectivity index (χ1v) is 28.4. The predicted molar refractivity (Wildman–Crippen MR) is 279 cm³/mol. The number of hydrogen-bond acceptors (Lipinski definition) is 7. The first-order valence-electron chi connectivity index (χ1n) is 26.9. The number of allylic oxidation sites excluding steroid dienone is 12. The molecular weight excluding hydrogens is 830 g/mol. The van der Waals surface area contributed by atoms with Crippen molar-refractivity contribution in [3.8, 4) is 0 Å². The van der Waals surface area contributed by atoms with Gasteiger partial charge < -0.3 is 20.1 Å². The van der Waals surface area contributed by atoms with Gasteiger partial charge in [-0.15, -0.1) is 0 Å². The number of carbonyl (C=O) groups is 1. The molecule has 2 unspecified atom stereocenters. The number of phosphoric acid groups is 1. The zero-order chi connectivity index (χ0) is 47.3. The first-order chi connectivity index (χ1) is 31.9. The Morgan fingerprint density at radius 1 is 0.477 bits per heavy atom. The van der Waals surface area contributed by atoms with Crippen molar-refractivity contribution in [2.75, 3.05) is 33.0 Å². The van der Waals surface area contributed by atoms with Gasteiger partial charge in [-0.3, -0.25) is 13.8 Å². The number of nitrogens with two attached hydrogens (primary N) is 1. The average molecular weight is 932 g/mol. The Morgan fingerprint density at radius 3 is 1.29 bits per heavy atom. The van der Waals surface area contributed by atoms with Crippen molar-refractivity contribution in [3.63, 3.8) is 0 Å². The van der Waals surface area contributed by atoms with E-state index < -0.39 is 13.9 Å². The molecule has 0 heterocycles. The Kier molecular flexibility index (Phi) is 51.2. The number of rotatable bonds is 51. The maximum atomic E-state index is 12.7. The number of ether oxygens (including phenoxy) is 2. The van der Waals surface area contributed by atoms with Crippen LogP contribution in [0, 0.1) is 0 Å². The molecule has 378 valence electrons. The van der Waals surface area contributed by atoms with Crippen LogP contribution in [0.25, 0.3) is 0 Å². The molecule has 0 aromatic heterocycles. The highest BCUT2D eigenvalue weighted by Gasteiger charge is 2.25. The van der Waals surface area contributed by atoms with Gasteiger partial charge in [0.15, 0.2) is 0 Å². The van der Waals surface area contributed by atoms with Gasteiger partial charge in [-0.25, -0.2) is 4.57 Å². The molecule has 0 saturated carbocycles. The highest BCUT2D eigenvalue weighted by molar-refractivity contribution is 7.47. The summed E-state index contributed by atoms with van der Waals surface area (Å²) in [6.07, 6.45) is 68.0. The fraction of sp³-hybridized carbons (Fsp3) is 0.768. The van der Waals surface area contributed by atoms with Crippen LogP contribution in [0.2, 0.25) is 0 Å². The van der Waals surface area contributed by atoms with E-state index in [1.54, 1.807) is 0 Å². The van der Waals surface area contributed by atoms with Crippen molar-refractivity contribution >= 4 is 13.8 Å². The molecular formula is C56H102NO7P. The van der Waals surface area contributed by atoms with Gasteiger partial charge in [0.2, 0.25) is 0 Å². The molecule has 65 heavy (non-hydrogen) atoms. The zero-order valence-corrected chi connectivity index (χ0v) is 43.1. The number of esters is 1. The number of unbranched alkanes of at least 4 members (excludes halogenated alkanes) is 26. The molecule has 9 heteroatoms. The van der Waals surface area contributed by atoms with Crippen LogP contribution in [0.1, 0.15) is 239 Å². The molecule has 0 aliphatic heterocycles. The molecule has 3 N–H and O–H groups in total. The monoisotopic (exact) mass is 932 g/mol. The van der Waals surface area contributed by atoms with Gasteiger partial charge >= 0.3 is 13.8 Å². The summed E-state index contributed by atoms with van der Waals surface area (Å²) in [5, 5.41) is 0. The van der Waals surface area contributed by atoms with Crippen LogP contribution in [-0.4, -0.2) is 49.9 Å². The third kappa shape index (κ3) is 52.8. The van der Waals surface area contributed by atoms with E-state index in [-0.39, 0.29) is 38.8 Å². The highest BCUT2D eigenvalue weighted by Crippen LogP contribution is 2.43. The molecule has 0 fully saturated rings. The molecule has 0 radical (unpaired) electrons. The van der Waals surface area contributed by atoms with E-state index in [1.807, 2.05) is 0 Å². The second kappa shape index (κ2) is 52.9. The molecule has 0 aliphatic carbocycles. The Balaban J connectivity index is 3.97. The maximum absolute atomic E-state index is 12.7. The minimum Gasteiger partial charge on any atom is -0.457 e. The fourth-order valence-electron chi connectivity index (χ4n) is 7.47. The Bertz CT molecular complexity index is 1230. The van der Waals surface area contributed by atoms with Crippen molar-refractivity contribution in [2.45, 2.75) is 245 Å². The van der Waals surface area contributed by atoms with Crippen LogP contribution in [0.4, 0.5) is 0 Å². The average Bonchev–Trinajstić information content (AvgIpc) is 3.30. The van der Waals surface area contributed by atoms with Gasteiger partial charge in [-0.1, -0.05) is 241 Å². The molecule has 0 aliphatic rings. The molecule has 0 aromatic rings. The van der Waals surface area contributed by atoms with E-state index >= 15 is 0 Å². The van der Waals surface area contributed by atoms with Crippen molar-refractivity contribution < 1.29 is 32.8 Å². The van der Waals surface area contributed by atoms with E-state index in [2.05, 4.69) is 86.8 Å². The van der Waals surface area contributed by atoms with Crippen molar-refractivity contribution in [3.05, 3.63) is 72.9 Å². The third-order valence-corrected chi connectivity index (χ3v) is 12.4. The van der Waals surface area contributed by atoms with E-state index in [0.717, 1.165) is 83.5 Å². The first kappa shape index (κ1) is 62.9. The van der Waals surface area contributed by atoms with Crippen LogP contribution in [-0.2, 0) is 27.9 Å². The predicted octanol–water partition coefficient (Wildman–Crippen LogP) is 17.0.